The van der Waals surface area contributed by atoms with Crippen LogP contribution in [0.25, 0.3) is 0 Å². The van der Waals surface area contributed by atoms with Gasteiger partial charge in [0.1, 0.15) is 5.75 Å². The van der Waals surface area contributed by atoms with Crippen LogP contribution in [0.4, 0.5) is 0 Å². The lowest BCUT2D eigenvalue weighted by Crippen LogP contribution is -2.13. The molecule has 0 heterocycles. The molecule has 2 unspecified atom stereocenters. The van der Waals surface area contributed by atoms with Crippen molar-refractivity contribution in [2.24, 2.45) is 5.92 Å². The minimum Gasteiger partial charge on any atom is -0.496 e. The van der Waals surface area contributed by atoms with E-state index in [2.05, 4.69) is 49.7 Å². The first-order valence-corrected chi connectivity index (χ1v) is 6.95. The van der Waals surface area contributed by atoms with Crippen molar-refractivity contribution < 1.29 is 4.74 Å². The second-order valence-corrected chi connectivity index (χ2v) is 6.08. The number of benzene rings is 1. The fraction of sp³-hybridized carbons (Fsp3) is 0.533. The molecule has 2 nitrogen and oxygen atoms in total. The van der Waals surface area contributed by atoms with Gasteiger partial charge in [-0.05, 0) is 49.8 Å². The average Bonchev–Trinajstić information content (AvgIpc) is 3.02. The SMILES string of the molecule is COc1c(C)c(C)c(Br)c(C)c1C1(C#N)CC1C. The van der Waals surface area contributed by atoms with Crippen molar-refractivity contribution in [2.45, 2.75) is 39.5 Å². The predicted molar refractivity (Wildman–Crippen MR) is 76.0 cm³/mol. The Balaban J connectivity index is 2.80. The summed E-state index contributed by atoms with van der Waals surface area (Å²) in [6.45, 7) is 8.33. The van der Waals surface area contributed by atoms with E-state index in [1.165, 1.54) is 5.56 Å². The topological polar surface area (TPSA) is 33.0 Å². The highest BCUT2D eigenvalue weighted by Gasteiger charge is 2.56. The van der Waals surface area contributed by atoms with E-state index in [0.717, 1.165) is 33.3 Å². The number of ether oxygens (including phenoxy) is 1. The summed E-state index contributed by atoms with van der Waals surface area (Å²) in [5.74, 6) is 1.29. The van der Waals surface area contributed by atoms with Crippen molar-refractivity contribution in [3.63, 3.8) is 0 Å². The normalized spacial score (nSPS) is 25.7. The molecule has 1 aromatic rings. The molecule has 2 rings (SSSR count). The lowest BCUT2D eigenvalue weighted by Gasteiger charge is -2.22. The Morgan fingerprint density at radius 3 is 2.22 bits per heavy atom. The van der Waals surface area contributed by atoms with Crippen molar-refractivity contribution in [1.82, 2.24) is 0 Å². The third-order valence-corrected chi connectivity index (χ3v) is 5.51. The molecule has 96 valence electrons. The van der Waals surface area contributed by atoms with E-state index in [4.69, 9.17) is 4.74 Å². The molecule has 0 spiro atoms. The smallest absolute Gasteiger partial charge is 0.127 e. The van der Waals surface area contributed by atoms with Crippen LogP contribution in [0.5, 0.6) is 5.75 Å². The first-order chi connectivity index (χ1) is 8.40. The summed E-state index contributed by atoms with van der Waals surface area (Å²) in [4.78, 5) is 0. The number of methoxy groups -OCH3 is 1. The van der Waals surface area contributed by atoms with E-state index in [-0.39, 0.29) is 5.41 Å². The molecule has 0 radical (unpaired) electrons. The number of nitriles is 1. The Bertz CT molecular complexity index is 559. The fourth-order valence-corrected chi connectivity index (χ4v) is 3.36. The minimum absolute atomic E-state index is 0.351. The van der Waals surface area contributed by atoms with Crippen LogP contribution >= 0.6 is 15.9 Å². The summed E-state index contributed by atoms with van der Waals surface area (Å²) in [5.41, 5.74) is 4.18. The monoisotopic (exact) mass is 307 g/mol. The summed E-state index contributed by atoms with van der Waals surface area (Å²) in [7, 11) is 1.69. The molecule has 0 amide bonds. The highest BCUT2D eigenvalue weighted by Crippen LogP contribution is 2.58. The van der Waals surface area contributed by atoms with Crippen LogP contribution in [0, 0.1) is 38.0 Å². The van der Waals surface area contributed by atoms with Gasteiger partial charge in [-0.15, -0.1) is 0 Å². The first-order valence-electron chi connectivity index (χ1n) is 6.15. The van der Waals surface area contributed by atoms with Gasteiger partial charge in [-0.2, -0.15) is 5.26 Å². The minimum atomic E-state index is -0.351. The van der Waals surface area contributed by atoms with Crippen molar-refractivity contribution in [1.29, 1.82) is 5.26 Å². The van der Waals surface area contributed by atoms with Crippen LogP contribution in [-0.4, -0.2) is 7.11 Å². The molecule has 3 heteroatoms. The van der Waals surface area contributed by atoms with Gasteiger partial charge >= 0.3 is 0 Å². The summed E-state index contributed by atoms with van der Waals surface area (Å²) < 4.78 is 6.70. The quantitative estimate of drug-likeness (QED) is 0.821. The van der Waals surface area contributed by atoms with Gasteiger partial charge in [0.2, 0.25) is 0 Å². The first kappa shape index (κ1) is 13.4. The molecule has 1 saturated carbocycles. The van der Waals surface area contributed by atoms with E-state index < -0.39 is 0 Å². The number of rotatable bonds is 2. The number of nitrogens with zero attached hydrogens (tertiary/aromatic N) is 1. The molecular weight excluding hydrogens is 290 g/mol. The van der Waals surface area contributed by atoms with Gasteiger partial charge in [0.25, 0.3) is 0 Å². The van der Waals surface area contributed by atoms with Crippen LogP contribution in [-0.2, 0) is 5.41 Å². The highest BCUT2D eigenvalue weighted by atomic mass is 79.9. The van der Waals surface area contributed by atoms with Crippen LogP contribution in [0.3, 0.4) is 0 Å². The molecule has 1 fully saturated rings. The van der Waals surface area contributed by atoms with E-state index in [0.29, 0.717) is 5.92 Å². The molecule has 1 aliphatic rings. The second kappa shape index (κ2) is 4.28. The van der Waals surface area contributed by atoms with Crippen LogP contribution in [0.2, 0.25) is 0 Å². The predicted octanol–water partition coefficient (Wildman–Crippen LogP) is 4.18. The van der Waals surface area contributed by atoms with Gasteiger partial charge < -0.3 is 4.74 Å². The van der Waals surface area contributed by atoms with Gasteiger partial charge in [0, 0.05) is 10.0 Å². The summed E-state index contributed by atoms with van der Waals surface area (Å²) >= 11 is 3.65. The summed E-state index contributed by atoms with van der Waals surface area (Å²) in [6.07, 6.45) is 0.926. The molecule has 0 aliphatic heterocycles. The lowest BCUT2D eigenvalue weighted by molar-refractivity contribution is 0.402. The maximum atomic E-state index is 9.56. The zero-order chi connectivity index (χ0) is 13.7. The van der Waals surface area contributed by atoms with Gasteiger partial charge in [0.05, 0.1) is 18.6 Å². The molecule has 0 aromatic heterocycles. The van der Waals surface area contributed by atoms with Crippen molar-refractivity contribution >= 4 is 15.9 Å². The Morgan fingerprint density at radius 1 is 1.28 bits per heavy atom. The summed E-state index contributed by atoms with van der Waals surface area (Å²) in [6, 6.07) is 2.51. The van der Waals surface area contributed by atoms with Crippen LogP contribution in [0.15, 0.2) is 4.47 Å². The number of hydrogen-bond acceptors (Lipinski definition) is 2. The number of hydrogen-bond donors (Lipinski definition) is 0. The van der Waals surface area contributed by atoms with E-state index in [1.54, 1.807) is 7.11 Å². The summed E-state index contributed by atoms with van der Waals surface area (Å²) in [5, 5.41) is 9.56. The van der Waals surface area contributed by atoms with Gasteiger partial charge in [-0.3, -0.25) is 0 Å². The maximum Gasteiger partial charge on any atom is 0.127 e. The molecule has 18 heavy (non-hydrogen) atoms. The van der Waals surface area contributed by atoms with Gasteiger partial charge in [-0.25, -0.2) is 0 Å². The van der Waals surface area contributed by atoms with Gasteiger partial charge in [0.15, 0.2) is 0 Å². The lowest BCUT2D eigenvalue weighted by atomic mass is 9.87. The largest absolute Gasteiger partial charge is 0.496 e. The molecule has 0 saturated heterocycles. The van der Waals surface area contributed by atoms with Crippen LogP contribution < -0.4 is 4.74 Å². The maximum absolute atomic E-state index is 9.56. The fourth-order valence-electron chi connectivity index (χ4n) is 2.86. The Labute approximate surface area is 117 Å². The van der Waals surface area contributed by atoms with Gasteiger partial charge in [-0.1, -0.05) is 22.9 Å². The van der Waals surface area contributed by atoms with Crippen molar-refractivity contribution in [3.8, 4) is 11.8 Å². The van der Waals surface area contributed by atoms with Crippen molar-refractivity contribution in [3.05, 3.63) is 26.7 Å². The average molecular weight is 308 g/mol. The molecular formula is C15H18BrNO. The Hall–Kier alpha value is -1.01. The highest BCUT2D eigenvalue weighted by molar-refractivity contribution is 9.10. The number of halogens is 1. The van der Waals surface area contributed by atoms with E-state index in [9.17, 15) is 5.26 Å². The van der Waals surface area contributed by atoms with E-state index >= 15 is 0 Å². The third-order valence-electron chi connectivity index (χ3n) is 4.32. The standard InChI is InChI=1S/C15H18BrNO/c1-8-6-15(8,7-17)12-11(4)13(16)9(2)10(3)14(12)18-5/h8H,6H2,1-5H3. The Morgan fingerprint density at radius 2 is 1.83 bits per heavy atom. The molecule has 0 N–H and O–H groups in total. The third kappa shape index (κ3) is 1.59. The second-order valence-electron chi connectivity index (χ2n) is 5.29. The van der Waals surface area contributed by atoms with E-state index in [1.807, 2.05) is 0 Å². The molecule has 0 bridgehead atoms. The zero-order valence-corrected chi connectivity index (χ0v) is 13.1. The molecule has 1 aromatic carbocycles. The van der Waals surface area contributed by atoms with Crippen LogP contribution in [0.1, 0.15) is 35.6 Å². The molecule has 1 aliphatic carbocycles. The molecule has 2 atom stereocenters. The Kier molecular flexibility index (Phi) is 3.19. The zero-order valence-electron chi connectivity index (χ0n) is 11.5. The van der Waals surface area contributed by atoms with Crippen molar-refractivity contribution in [2.75, 3.05) is 7.11 Å².